The number of rotatable bonds is 6. The Labute approximate surface area is 205 Å². The third kappa shape index (κ3) is 4.23. The van der Waals surface area contributed by atoms with Gasteiger partial charge in [-0.2, -0.15) is 0 Å². The lowest BCUT2D eigenvalue weighted by Gasteiger charge is -2.50. The molecule has 34 heavy (non-hydrogen) atoms. The van der Waals surface area contributed by atoms with Crippen LogP contribution >= 0.6 is 11.3 Å². The fraction of sp³-hybridized carbons (Fsp3) is 0.593. The highest BCUT2D eigenvalue weighted by atomic mass is 32.1. The molecule has 3 aliphatic carbocycles. The molecule has 0 radical (unpaired) electrons. The number of anilines is 1. The smallest absolute Gasteiger partial charge is 0.226 e. The number of oxime groups is 1. The second-order valence-electron chi connectivity index (χ2n) is 10.6. The lowest BCUT2D eigenvalue weighted by atomic mass is 9.54. The third-order valence-electron chi connectivity index (χ3n) is 8.63. The number of phenolic OH excluding ortho intramolecular Hbond substituents is 1. The first-order valence-electron chi connectivity index (χ1n) is 12.5. The van der Waals surface area contributed by atoms with Gasteiger partial charge < -0.3 is 15.3 Å². The van der Waals surface area contributed by atoms with Gasteiger partial charge in [0.1, 0.15) is 12.9 Å². The quantitative estimate of drug-likeness (QED) is 0.492. The van der Waals surface area contributed by atoms with Gasteiger partial charge in [0.05, 0.1) is 5.71 Å². The van der Waals surface area contributed by atoms with E-state index >= 15 is 0 Å². The van der Waals surface area contributed by atoms with E-state index in [9.17, 15) is 9.90 Å². The molecule has 5 atom stereocenters. The third-order valence-corrected chi connectivity index (χ3v) is 9.46. The minimum absolute atomic E-state index is 0.0498. The first kappa shape index (κ1) is 23.3. The number of phenols is 1. The highest BCUT2D eigenvalue weighted by Crippen LogP contribution is 2.62. The molecule has 1 aromatic heterocycles. The van der Waals surface area contributed by atoms with Gasteiger partial charge in [-0.15, -0.1) is 11.3 Å². The maximum absolute atomic E-state index is 12.5. The van der Waals surface area contributed by atoms with Crippen molar-refractivity contribution in [1.82, 2.24) is 4.98 Å². The summed E-state index contributed by atoms with van der Waals surface area (Å²) in [6.45, 7) is 4.39. The van der Waals surface area contributed by atoms with E-state index in [0.717, 1.165) is 49.8 Å². The number of aromatic hydroxyl groups is 1. The number of benzene rings is 1. The monoisotopic (exact) mass is 481 g/mol. The van der Waals surface area contributed by atoms with Crippen LogP contribution in [-0.2, 0) is 16.1 Å². The molecule has 7 heteroatoms. The zero-order valence-electron chi connectivity index (χ0n) is 20.3. The van der Waals surface area contributed by atoms with Crippen molar-refractivity contribution in [3.8, 4) is 5.75 Å². The molecule has 0 bridgehead atoms. The molecule has 1 amide bonds. The first-order chi connectivity index (χ1) is 16.4. The highest BCUT2D eigenvalue weighted by Gasteiger charge is 2.57. The molecule has 6 nitrogen and oxygen atoms in total. The molecule has 182 valence electrons. The number of nitrogens with zero attached hydrogens (tertiary/aromatic N) is 2. The zero-order chi connectivity index (χ0) is 23.9. The summed E-state index contributed by atoms with van der Waals surface area (Å²) in [7, 11) is 1.65. The van der Waals surface area contributed by atoms with Gasteiger partial charge in [0.25, 0.3) is 0 Å². The van der Waals surface area contributed by atoms with E-state index in [4.69, 9.17) is 4.84 Å². The summed E-state index contributed by atoms with van der Waals surface area (Å²) in [6, 6.07) is 5.97. The molecular formula is C27H35N3O3S. The summed E-state index contributed by atoms with van der Waals surface area (Å²) in [5, 5.41) is 18.1. The average molecular weight is 482 g/mol. The predicted molar refractivity (Wildman–Crippen MR) is 135 cm³/mol. The summed E-state index contributed by atoms with van der Waals surface area (Å²) in [6.07, 6.45) is 9.62. The van der Waals surface area contributed by atoms with Gasteiger partial charge in [0.2, 0.25) is 5.91 Å². The summed E-state index contributed by atoms with van der Waals surface area (Å²) in [5.74, 6) is 2.64. The molecule has 0 saturated heterocycles. The molecule has 5 rings (SSSR count). The van der Waals surface area contributed by atoms with E-state index < -0.39 is 0 Å². The van der Waals surface area contributed by atoms with Crippen LogP contribution < -0.4 is 5.32 Å². The van der Waals surface area contributed by atoms with Gasteiger partial charge in [0.15, 0.2) is 5.13 Å². The first-order valence-corrected chi connectivity index (χ1v) is 13.3. The molecule has 0 spiro atoms. The molecule has 2 N–H and O–H groups in total. The highest BCUT2D eigenvalue weighted by molar-refractivity contribution is 7.15. The normalized spacial score (nSPS) is 31.0. The van der Waals surface area contributed by atoms with Crippen LogP contribution in [0.15, 0.2) is 29.6 Å². The van der Waals surface area contributed by atoms with E-state index in [-0.39, 0.29) is 11.3 Å². The molecule has 1 aromatic carbocycles. The molecule has 2 saturated carbocycles. The molecule has 3 aliphatic rings. The predicted octanol–water partition coefficient (Wildman–Crippen LogP) is 6.05. The Morgan fingerprint density at radius 2 is 2.24 bits per heavy atom. The van der Waals surface area contributed by atoms with Crippen molar-refractivity contribution >= 4 is 28.1 Å². The van der Waals surface area contributed by atoms with Gasteiger partial charge in [-0.1, -0.05) is 18.1 Å². The lowest BCUT2D eigenvalue weighted by molar-refractivity contribution is -0.116. The van der Waals surface area contributed by atoms with E-state index in [1.54, 1.807) is 13.3 Å². The van der Waals surface area contributed by atoms with Gasteiger partial charge >= 0.3 is 0 Å². The van der Waals surface area contributed by atoms with Crippen LogP contribution in [0.5, 0.6) is 5.75 Å². The van der Waals surface area contributed by atoms with Crippen molar-refractivity contribution in [2.24, 2.45) is 28.3 Å². The minimum Gasteiger partial charge on any atom is -0.508 e. The van der Waals surface area contributed by atoms with E-state index in [1.807, 2.05) is 19.1 Å². The summed E-state index contributed by atoms with van der Waals surface area (Å²) in [4.78, 5) is 23.1. The molecule has 1 heterocycles. The number of aryl methyl sites for hydroxylation is 2. The van der Waals surface area contributed by atoms with Crippen LogP contribution in [0, 0.1) is 30.1 Å². The van der Waals surface area contributed by atoms with Crippen LogP contribution in [0.4, 0.5) is 5.13 Å². The largest absolute Gasteiger partial charge is 0.508 e. The fourth-order valence-corrected chi connectivity index (χ4v) is 7.97. The van der Waals surface area contributed by atoms with Crippen molar-refractivity contribution in [1.29, 1.82) is 0 Å². The summed E-state index contributed by atoms with van der Waals surface area (Å²) < 4.78 is 0. The Hall–Kier alpha value is -2.41. The van der Waals surface area contributed by atoms with Crippen molar-refractivity contribution < 1.29 is 14.7 Å². The van der Waals surface area contributed by atoms with Crippen LogP contribution in [0.3, 0.4) is 0 Å². The van der Waals surface area contributed by atoms with Crippen LogP contribution in [0.25, 0.3) is 0 Å². The second kappa shape index (κ2) is 9.33. The Balaban J connectivity index is 1.31. The standard InChI is InChI=1S/C27H35N3O3S/c1-16-15-28-26(34-16)29-24(32)6-4-5-18-14-23(30-33-3)27(2)12-11-21-20-10-8-19(31)13-17(20)7-9-22(21)25(18)27/h8,10,13,15,18,21-22,25,31H,4-7,9,11-12,14H2,1-3H3,(H,28,29,32)/b30-23+/t18-,21?,22?,25?,27-/m1/s1. The molecule has 2 fully saturated rings. The minimum atomic E-state index is 0.0498. The number of hydrogen-bond donors (Lipinski definition) is 2. The summed E-state index contributed by atoms with van der Waals surface area (Å²) in [5.41, 5.74) is 4.03. The Bertz CT molecular complexity index is 1100. The van der Waals surface area contributed by atoms with Crippen molar-refractivity contribution in [2.75, 3.05) is 12.4 Å². The van der Waals surface area contributed by atoms with Gasteiger partial charge in [-0.25, -0.2) is 4.98 Å². The van der Waals surface area contributed by atoms with Crippen LogP contribution in [0.2, 0.25) is 0 Å². The molecule has 2 aromatic rings. The number of hydrogen-bond acceptors (Lipinski definition) is 6. The SMILES string of the molecule is CO/N=C1\C[C@@H](CCCC(=O)Nc2ncc(C)s2)C2C3CCc4cc(O)ccc4C3CC[C@]12C. The van der Waals surface area contributed by atoms with Gasteiger partial charge in [-0.3, -0.25) is 4.79 Å². The second-order valence-corrected chi connectivity index (χ2v) is 11.8. The molecule has 0 aliphatic heterocycles. The van der Waals surface area contributed by atoms with Gasteiger partial charge in [0, 0.05) is 22.9 Å². The maximum atomic E-state index is 12.5. The molecular weight excluding hydrogens is 446 g/mol. The van der Waals surface area contributed by atoms with Crippen molar-refractivity contribution in [3.63, 3.8) is 0 Å². The topological polar surface area (TPSA) is 83.8 Å². The van der Waals surface area contributed by atoms with Crippen molar-refractivity contribution in [2.45, 2.75) is 71.1 Å². The number of amides is 1. The number of thiazole rings is 1. The van der Waals surface area contributed by atoms with E-state index in [2.05, 4.69) is 28.4 Å². The lowest BCUT2D eigenvalue weighted by Crippen LogP contribution is -2.44. The Morgan fingerprint density at radius 1 is 1.38 bits per heavy atom. The zero-order valence-corrected chi connectivity index (χ0v) is 21.2. The number of fused-ring (bicyclic) bond motifs is 5. The summed E-state index contributed by atoms with van der Waals surface area (Å²) >= 11 is 1.51. The number of nitrogens with one attached hydrogen (secondary N) is 1. The Kier molecular flexibility index (Phi) is 6.40. The Morgan fingerprint density at radius 3 is 3.00 bits per heavy atom. The maximum Gasteiger partial charge on any atom is 0.226 e. The van der Waals surface area contributed by atoms with Crippen LogP contribution in [-0.4, -0.2) is 28.8 Å². The average Bonchev–Trinajstić information content (AvgIpc) is 3.33. The van der Waals surface area contributed by atoms with Crippen molar-refractivity contribution in [3.05, 3.63) is 40.4 Å². The van der Waals surface area contributed by atoms with E-state index in [1.165, 1.54) is 28.2 Å². The van der Waals surface area contributed by atoms with Crippen LogP contribution in [0.1, 0.15) is 73.8 Å². The number of aromatic nitrogens is 1. The molecule has 3 unspecified atom stereocenters. The van der Waals surface area contributed by atoms with E-state index in [0.29, 0.717) is 41.0 Å². The number of carbonyl (C=O) groups is 1. The van der Waals surface area contributed by atoms with Gasteiger partial charge in [-0.05, 0) is 98.8 Å². The fourth-order valence-electron chi connectivity index (χ4n) is 7.29. The number of carbonyl (C=O) groups excluding carboxylic acids is 1.